The van der Waals surface area contributed by atoms with Gasteiger partial charge in [-0.3, -0.25) is 19.3 Å². The fourth-order valence-electron chi connectivity index (χ4n) is 7.21. The van der Waals surface area contributed by atoms with E-state index in [1.165, 1.54) is 6.07 Å². The molecule has 2 aromatic carbocycles. The van der Waals surface area contributed by atoms with Crippen LogP contribution >= 0.6 is 11.6 Å². The van der Waals surface area contributed by atoms with Crippen LogP contribution in [0.4, 0.5) is 8.78 Å². The number of esters is 1. The number of primary amides is 1. The molecule has 1 aliphatic carbocycles. The van der Waals surface area contributed by atoms with E-state index < -0.39 is 42.1 Å². The van der Waals surface area contributed by atoms with Gasteiger partial charge in [-0.05, 0) is 74.3 Å². The summed E-state index contributed by atoms with van der Waals surface area (Å²) in [4.78, 5) is 43.7. The lowest BCUT2D eigenvalue weighted by molar-refractivity contribution is -0.162. The maximum absolute atomic E-state index is 14.4. The van der Waals surface area contributed by atoms with E-state index in [2.05, 4.69) is 4.90 Å². The van der Waals surface area contributed by atoms with Gasteiger partial charge in [0.15, 0.2) is 0 Å². The van der Waals surface area contributed by atoms with Crippen molar-refractivity contribution in [1.29, 1.82) is 0 Å². The molecule has 2 aromatic rings. The summed E-state index contributed by atoms with van der Waals surface area (Å²) in [6, 6.07) is 9.98. The van der Waals surface area contributed by atoms with E-state index in [1.807, 2.05) is 43.9 Å². The zero-order valence-corrected chi connectivity index (χ0v) is 25.1. The fourth-order valence-corrected chi connectivity index (χ4v) is 7.38. The number of fused-ring (bicyclic) bond motifs is 1. The highest BCUT2D eigenvalue weighted by molar-refractivity contribution is 6.31. The minimum Gasteiger partial charge on any atom is -0.426 e. The topological polar surface area (TPSA) is 92.9 Å². The van der Waals surface area contributed by atoms with E-state index in [0.29, 0.717) is 31.2 Å². The van der Waals surface area contributed by atoms with Crippen LogP contribution in [0, 0.1) is 38.0 Å². The van der Waals surface area contributed by atoms with Crippen LogP contribution in [-0.2, 0) is 9.59 Å². The van der Waals surface area contributed by atoms with Crippen molar-refractivity contribution in [3.63, 3.8) is 0 Å². The number of hydrogen-bond acceptors (Lipinski definition) is 5. The van der Waals surface area contributed by atoms with Crippen molar-refractivity contribution in [2.45, 2.75) is 64.8 Å². The molecule has 3 aliphatic rings. The summed E-state index contributed by atoms with van der Waals surface area (Å²) in [6.07, 6.45) is -1.37. The molecule has 2 N–H and O–H groups in total. The molecule has 226 valence electrons. The molecule has 3 atom stereocenters. The number of aryl methyl sites for hydroxylation is 3. The maximum atomic E-state index is 14.4. The van der Waals surface area contributed by atoms with Crippen molar-refractivity contribution >= 4 is 29.4 Å². The number of carbonyl (C=O) groups excluding carboxylic acids is 3. The van der Waals surface area contributed by atoms with Gasteiger partial charge in [0.05, 0.1) is 5.41 Å². The lowest BCUT2D eigenvalue weighted by Crippen LogP contribution is -2.57. The van der Waals surface area contributed by atoms with Crippen molar-refractivity contribution in [1.82, 2.24) is 9.80 Å². The summed E-state index contributed by atoms with van der Waals surface area (Å²) >= 11 is 6.25. The quantitative estimate of drug-likeness (QED) is 0.343. The van der Waals surface area contributed by atoms with Gasteiger partial charge in [-0.2, -0.15) is 0 Å². The Kier molecular flexibility index (Phi) is 8.38. The van der Waals surface area contributed by atoms with E-state index in [0.717, 1.165) is 22.3 Å². The number of rotatable bonds is 7. The van der Waals surface area contributed by atoms with E-state index >= 15 is 0 Å². The first-order valence-corrected chi connectivity index (χ1v) is 14.9. The zero-order chi connectivity index (χ0) is 30.4. The van der Waals surface area contributed by atoms with Gasteiger partial charge in [-0.25, -0.2) is 8.78 Å². The molecule has 3 unspecified atom stereocenters. The van der Waals surface area contributed by atoms with Gasteiger partial charge < -0.3 is 15.4 Å². The number of benzene rings is 2. The van der Waals surface area contributed by atoms with Crippen LogP contribution in [0.3, 0.4) is 0 Å². The third-order valence-corrected chi connectivity index (χ3v) is 10.0. The number of nitrogens with two attached hydrogens (primary N) is 1. The average Bonchev–Trinajstić information content (AvgIpc) is 3.49. The van der Waals surface area contributed by atoms with Crippen molar-refractivity contribution in [2.24, 2.45) is 23.0 Å². The van der Waals surface area contributed by atoms with Crippen LogP contribution in [-0.4, -0.2) is 65.7 Å². The summed E-state index contributed by atoms with van der Waals surface area (Å²) in [5, 5.41) is 0.422. The van der Waals surface area contributed by atoms with E-state index in [9.17, 15) is 23.2 Å². The number of ether oxygens (including phenoxy) is 1. The van der Waals surface area contributed by atoms with Crippen molar-refractivity contribution < 1.29 is 27.9 Å². The third kappa shape index (κ3) is 5.91. The number of likely N-dealkylation sites (tertiary alicyclic amines) is 2. The van der Waals surface area contributed by atoms with Gasteiger partial charge in [0.2, 0.25) is 11.8 Å². The van der Waals surface area contributed by atoms with Crippen LogP contribution in [0.5, 0.6) is 5.75 Å². The highest BCUT2D eigenvalue weighted by atomic mass is 35.5. The Hall–Kier alpha value is -3.04. The van der Waals surface area contributed by atoms with Gasteiger partial charge in [0.1, 0.15) is 5.75 Å². The Bertz CT molecular complexity index is 1360. The van der Waals surface area contributed by atoms with Crippen LogP contribution in [0.2, 0.25) is 5.02 Å². The lowest BCUT2D eigenvalue weighted by Gasteiger charge is -2.46. The van der Waals surface area contributed by atoms with Crippen molar-refractivity contribution in [3.8, 4) is 5.75 Å². The van der Waals surface area contributed by atoms with Crippen LogP contribution in [0.15, 0.2) is 36.4 Å². The Labute approximate surface area is 250 Å². The summed E-state index contributed by atoms with van der Waals surface area (Å²) in [5.41, 5.74) is 7.76. The van der Waals surface area contributed by atoms with E-state index in [-0.39, 0.29) is 42.8 Å². The molecule has 10 heteroatoms. The Morgan fingerprint density at radius 1 is 0.952 bits per heavy atom. The van der Waals surface area contributed by atoms with Gasteiger partial charge in [0.25, 0.3) is 5.91 Å². The summed E-state index contributed by atoms with van der Waals surface area (Å²) < 4.78 is 34.7. The normalized spacial score (nSPS) is 23.8. The number of alkyl halides is 2. The molecule has 7 nitrogen and oxygen atoms in total. The monoisotopic (exact) mass is 601 g/mol. The Morgan fingerprint density at radius 2 is 1.55 bits per heavy atom. The largest absolute Gasteiger partial charge is 0.426 e. The molecule has 5 rings (SSSR count). The number of hydrogen-bond donors (Lipinski definition) is 1. The standard InChI is InChI=1S/C32H38ClF2N3O4/c1-19-7-8-24(13-25(19)33)42-30(41)31(9-11-32(34,35)12-10-31)26(14-27(36)39)37-15-22-17-38(18-23(22)16-37)29(40)28-20(2)5-4-6-21(28)3/h4-8,13,22-23,26H,9-12,14-18H2,1-3H3,(H2,36,39). The molecule has 0 radical (unpaired) electrons. The second-order valence-corrected chi connectivity index (χ2v) is 12.9. The van der Waals surface area contributed by atoms with E-state index in [1.54, 1.807) is 12.1 Å². The first kappa shape index (κ1) is 30.4. The second kappa shape index (κ2) is 11.6. The molecule has 0 spiro atoms. The number of halogens is 3. The predicted octanol–water partition coefficient (Wildman–Crippen LogP) is 5.31. The van der Waals surface area contributed by atoms with Crippen molar-refractivity contribution in [2.75, 3.05) is 26.2 Å². The summed E-state index contributed by atoms with van der Waals surface area (Å²) in [7, 11) is 0. The molecule has 2 saturated heterocycles. The fraction of sp³-hybridized carbons (Fsp3) is 0.531. The van der Waals surface area contributed by atoms with Crippen LogP contribution < -0.4 is 10.5 Å². The number of nitrogens with zero attached hydrogens (tertiary/aromatic N) is 2. The van der Waals surface area contributed by atoms with E-state index in [4.69, 9.17) is 22.1 Å². The molecular weight excluding hydrogens is 564 g/mol. The first-order valence-electron chi connectivity index (χ1n) is 14.5. The molecule has 1 saturated carbocycles. The molecule has 0 aromatic heterocycles. The molecular formula is C32H38ClF2N3O4. The Balaban J connectivity index is 1.38. The van der Waals surface area contributed by atoms with Crippen molar-refractivity contribution in [3.05, 3.63) is 63.7 Å². The first-order chi connectivity index (χ1) is 19.8. The van der Waals surface area contributed by atoms with Crippen LogP contribution in [0.25, 0.3) is 0 Å². The minimum absolute atomic E-state index is 0.00607. The highest BCUT2D eigenvalue weighted by Crippen LogP contribution is 2.50. The molecule has 2 aliphatic heterocycles. The predicted molar refractivity (Wildman–Crippen MR) is 156 cm³/mol. The maximum Gasteiger partial charge on any atom is 0.319 e. The molecule has 3 fully saturated rings. The molecule has 42 heavy (non-hydrogen) atoms. The van der Waals surface area contributed by atoms with Gasteiger partial charge in [-0.1, -0.05) is 35.9 Å². The minimum atomic E-state index is -2.90. The van der Waals surface area contributed by atoms with Gasteiger partial charge in [-0.15, -0.1) is 0 Å². The average molecular weight is 602 g/mol. The molecule has 0 bridgehead atoms. The lowest BCUT2D eigenvalue weighted by atomic mass is 9.66. The third-order valence-electron chi connectivity index (χ3n) is 9.60. The van der Waals surface area contributed by atoms with Gasteiger partial charge >= 0.3 is 5.97 Å². The molecule has 2 amide bonds. The Morgan fingerprint density at radius 3 is 2.10 bits per heavy atom. The summed E-state index contributed by atoms with van der Waals surface area (Å²) in [5.74, 6) is -3.66. The smallest absolute Gasteiger partial charge is 0.319 e. The van der Waals surface area contributed by atoms with Crippen LogP contribution in [0.1, 0.15) is 59.2 Å². The SMILES string of the molecule is Cc1ccc(OC(=O)C2(C(CC(N)=O)N3CC4CN(C(=O)c5c(C)cccc5C)CC4C3)CCC(F)(F)CC2)cc1Cl. The number of carbonyl (C=O) groups is 3. The highest BCUT2D eigenvalue weighted by Gasteiger charge is 2.57. The summed E-state index contributed by atoms with van der Waals surface area (Å²) in [6.45, 7) is 7.85. The number of amides is 2. The van der Waals surface area contributed by atoms with Gasteiger partial charge in [0, 0.05) is 62.1 Å². The molecule has 2 heterocycles. The zero-order valence-electron chi connectivity index (χ0n) is 24.3. The second-order valence-electron chi connectivity index (χ2n) is 12.4.